The van der Waals surface area contributed by atoms with Gasteiger partial charge in [0.1, 0.15) is 0 Å². The smallest absolute Gasteiger partial charge is 0.222 e. The van der Waals surface area contributed by atoms with Crippen LogP contribution >= 0.6 is 23.1 Å². The first-order valence-electron chi connectivity index (χ1n) is 7.79. The van der Waals surface area contributed by atoms with Gasteiger partial charge in [-0.15, -0.1) is 11.3 Å². The zero-order valence-corrected chi connectivity index (χ0v) is 14.2. The van der Waals surface area contributed by atoms with E-state index in [0.29, 0.717) is 17.6 Å². The molecule has 22 heavy (non-hydrogen) atoms. The van der Waals surface area contributed by atoms with Gasteiger partial charge in [-0.3, -0.25) is 4.79 Å². The number of nitrogens with zero attached hydrogens (tertiary/aromatic N) is 1. The molecular formula is C18H21NOS2. The highest BCUT2D eigenvalue weighted by Crippen LogP contribution is 2.36. The highest BCUT2D eigenvalue weighted by atomic mass is 32.2. The fourth-order valence-corrected chi connectivity index (χ4v) is 5.01. The summed E-state index contributed by atoms with van der Waals surface area (Å²) >= 11 is 3.83. The van der Waals surface area contributed by atoms with E-state index in [1.807, 2.05) is 41.3 Å². The van der Waals surface area contributed by atoms with Crippen LogP contribution in [0.25, 0.3) is 0 Å². The number of rotatable bonds is 4. The molecule has 2 aromatic rings. The van der Waals surface area contributed by atoms with Crippen molar-refractivity contribution in [1.29, 1.82) is 0 Å². The number of hydrogen-bond donors (Lipinski definition) is 0. The fraction of sp³-hybridized carbons (Fsp3) is 0.389. The van der Waals surface area contributed by atoms with Gasteiger partial charge < -0.3 is 4.90 Å². The molecular weight excluding hydrogens is 310 g/mol. The van der Waals surface area contributed by atoms with Crippen LogP contribution in [-0.4, -0.2) is 29.6 Å². The maximum Gasteiger partial charge on any atom is 0.222 e. The lowest BCUT2D eigenvalue weighted by Crippen LogP contribution is -2.33. The Hall–Kier alpha value is -1.26. The summed E-state index contributed by atoms with van der Waals surface area (Å²) in [4.78, 5) is 15.9. The Morgan fingerprint density at radius 3 is 2.77 bits per heavy atom. The quantitative estimate of drug-likeness (QED) is 0.828. The number of carbonyl (C=O) groups excluding carboxylic acids is 1. The molecule has 1 aromatic carbocycles. The van der Waals surface area contributed by atoms with Gasteiger partial charge in [0.25, 0.3) is 0 Å². The van der Waals surface area contributed by atoms with E-state index in [0.717, 1.165) is 31.7 Å². The largest absolute Gasteiger partial charge is 0.342 e. The second-order valence-electron chi connectivity index (χ2n) is 5.53. The Bertz CT molecular complexity index is 582. The molecule has 0 saturated carbocycles. The van der Waals surface area contributed by atoms with E-state index < -0.39 is 0 Å². The Balaban J connectivity index is 1.51. The minimum Gasteiger partial charge on any atom is -0.342 e. The molecule has 1 atom stereocenters. The summed E-state index contributed by atoms with van der Waals surface area (Å²) in [6.07, 6.45) is 2.54. The van der Waals surface area contributed by atoms with E-state index in [9.17, 15) is 4.79 Å². The third-order valence-electron chi connectivity index (χ3n) is 4.03. The first-order valence-corrected chi connectivity index (χ1v) is 9.72. The van der Waals surface area contributed by atoms with Gasteiger partial charge >= 0.3 is 0 Å². The molecule has 0 aliphatic carbocycles. The summed E-state index contributed by atoms with van der Waals surface area (Å²) in [5.41, 5.74) is 1.25. The number of aryl methyl sites for hydroxylation is 1. The monoisotopic (exact) mass is 331 g/mol. The van der Waals surface area contributed by atoms with Crippen LogP contribution in [0.3, 0.4) is 0 Å². The van der Waals surface area contributed by atoms with E-state index in [1.165, 1.54) is 10.4 Å². The lowest BCUT2D eigenvalue weighted by Gasteiger charge is -2.20. The molecule has 1 aromatic heterocycles. The molecule has 116 valence electrons. The second-order valence-corrected chi connectivity index (χ2v) is 7.82. The standard InChI is InChI=1S/C18H21NOS2/c20-18(9-8-15-5-2-1-3-6-15)19-11-10-17(22-14-12-19)16-7-4-13-21-16/h1-7,13,17H,8-12,14H2. The van der Waals surface area contributed by atoms with Gasteiger partial charge in [0.05, 0.1) is 0 Å². The molecule has 0 N–H and O–H groups in total. The molecule has 4 heteroatoms. The van der Waals surface area contributed by atoms with Crippen LogP contribution in [-0.2, 0) is 11.2 Å². The first kappa shape index (κ1) is 15.6. The van der Waals surface area contributed by atoms with Gasteiger partial charge in [-0.2, -0.15) is 11.8 Å². The molecule has 2 nitrogen and oxygen atoms in total. The van der Waals surface area contributed by atoms with E-state index in [-0.39, 0.29) is 0 Å². The molecule has 0 bridgehead atoms. The zero-order valence-electron chi connectivity index (χ0n) is 12.6. The molecule has 2 heterocycles. The van der Waals surface area contributed by atoms with Gasteiger partial charge in [-0.05, 0) is 29.9 Å². The van der Waals surface area contributed by atoms with Crippen molar-refractivity contribution >= 4 is 29.0 Å². The van der Waals surface area contributed by atoms with Gasteiger partial charge in [0, 0.05) is 35.4 Å². The number of hydrogen-bond acceptors (Lipinski definition) is 3. The van der Waals surface area contributed by atoms with Gasteiger partial charge in [-0.25, -0.2) is 0 Å². The van der Waals surface area contributed by atoms with Gasteiger partial charge in [0.15, 0.2) is 0 Å². The lowest BCUT2D eigenvalue weighted by molar-refractivity contribution is -0.130. The summed E-state index contributed by atoms with van der Waals surface area (Å²) < 4.78 is 0. The van der Waals surface area contributed by atoms with Crippen LogP contribution in [0.4, 0.5) is 0 Å². The summed E-state index contributed by atoms with van der Waals surface area (Å²) in [5, 5.41) is 2.70. The number of carbonyl (C=O) groups is 1. The molecule has 3 rings (SSSR count). The van der Waals surface area contributed by atoms with E-state index in [4.69, 9.17) is 0 Å². The minimum absolute atomic E-state index is 0.302. The second kappa shape index (κ2) is 7.84. The lowest BCUT2D eigenvalue weighted by atomic mass is 10.1. The van der Waals surface area contributed by atoms with E-state index in [2.05, 4.69) is 34.5 Å². The third kappa shape index (κ3) is 4.14. The molecule has 1 fully saturated rings. The molecule has 1 aliphatic rings. The number of thiophene rings is 1. The highest BCUT2D eigenvalue weighted by Gasteiger charge is 2.22. The van der Waals surface area contributed by atoms with Crippen molar-refractivity contribution in [2.45, 2.75) is 24.5 Å². The average Bonchev–Trinajstić information content (AvgIpc) is 2.98. The molecule has 0 radical (unpaired) electrons. The predicted molar refractivity (Wildman–Crippen MR) is 95.5 cm³/mol. The maximum absolute atomic E-state index is 12.4. The predicted octanol–water partition coefficient (Wildman–Crippen LogP) is 4.39. The summed E-state index contributed by atoms with van der Waals surface area (Å²) in [5.74, 6) is 1.34. The summed E-state index contributed by atoms with van der Waals surface area (Å²) in [6, 6.07) is 14.6. The molecule has 1 saturated heterocycles. The van der Waals surface area contributed by atoms with Crippen molar-refractivity contribution in [3.05, 3.63) is 58.3 Å². The molecule has 1 unspecified atom stereocenters. The van der Waals surface area contributed by atoms with Crippen molar-refractivity contribution in [3.8, 4) is 0 Å². The third-order valence-corrected chi connectivity index (χ3v) is 6.47. The maximum atomic E-state index is 12.4. The first-order chi connectivity index (χ1) is 10.8. The number of thioether (sulfide) groups is 1. The van der Waals surface area contributed by atoms with Crippen molar-refractivity contribution in [3.63, 3.8) is 0 Å². The normalized spacial score (nSPS) is 18.9. The zero-order chi connectivity index (χ0) is 15.2. The van der Waals surface area contributed by atoms with Crippen molar-refractivity contribution in [1.82, 2.24) is 4.90 Å². The van der Waals surface area contributed by atoms with Crippen LogP contribution in [0, 0.1) is 0 Å². The van der Waals surface area contributed by atoms with Crippen LogP contribution in [0.1, 0.15) is 28.5 Å². The Kier molecular flexibility index (Phi) is 5.57. The van der Waals surface area contributed by atoms with Crippen molar-refractivity contribution in [2.24, 2.45) is 0 Å². The highest BCUT2D eigenvalue weighted by molar-refractivity contribution is 7.99. The Labute approximate surface area is 140 Å². The van der Waals surface area contributed by atoms with Gasteiger partial charge in [0.2, 0.25) is 5.91 Å². The minimum atomic E-state index is 0.302. The number of amides is 1. The Morgan fingerprint density at radius 2 is 2.00 bits per heavy atom. The van der Waals surface area contributed by atoms with Crippen molar-refractivity contribution in [2.75, 3.05) is 18.8 Å². The molecule has 1 amide bonds. The van der Waals surface area contributed by atoms with Crippen LogP contribution in [0.2, 0.25) is 0 Å². The van der Waals surface area contributed by atoms with Crippen LogP contribution in [0.15, 0.2) is 47.8 Å². The van der Waals surface area contributed by atoms with Gasteiger partial charge in [-0.1, -0.05) is 36.4 Å². The van der Waals surface area contributed by atoms with E-state index >= 15 is 0 Å². The number of benzene rings is 1. The van der Waals surface area contributed by atoms with Crippen molar-refractivity contribution < 1.29 is 4.79 Å². The SMILES string of the molecule is O=C(CCc1ccccc1)N1CCSC(c2cccs2)CC1. The summed E-state index contributed by atoms with van der Waals surface area (Å²) in [7, 11) is 0. The molecule has 0 spiro atoms. The van der Waals surface area contributed by atoms with Crippen LogP contribution in [0.5, 0.6) is 0 Å². The fourth-order valence-electron chi connectivity index (χ4n) is 2.78. The van der Waals surface area contributed by atoms with E-state index in [1.54, 1.807) is 0 Å². The topological polar surface area (TPSA) is 20.3 Å². The Morgan fingerprint density at radius 1 is 1.14 bits per heavy atom. The van der Waals surface area contributed by atoms with Crippen LogP contribution < -0.4 is 0 Å². The average molecular weight is 332 g/mol. The summed E-state index contributed by atoms with van der Waals surface area (Å²) in [6.45, 7) is 1.78. The molecule has 1 aliphatic heterocycles.